The molecule has 1 aliphatic rings. The molecule has 0 amide bonds. The van der Waals surface area contributed by atoms with E-state index in [0.29, 0.717) is 24.3 Å². The van der Waals surface area contributed by atoms with Gasteiger partial charge in [0.15, 0.2) is 92.5 Å². The van der Waals surface area contributed by atoms with E-state index in [-0.39, 0.29) is 0 Å². The summed E-state index contributed by atoms with van der Waals surface area (Å²) < 4.78 is 284. The molecule has 10 rings (SSSR count). The quantitative estimate of drug-likeness (QED) is 0.0777. The minimum Gasteiger partial charge on any atom is -0.503 e. The van der Waals surface area contributed by atoms with Crippen LogP contribution in [0.3, 0.4) is 0 Å². The van der Waals surface area contributed by atoms with Gasteiger partial charge in [0.2, 0.25) is 46.3 Å². The third kappa shape index (κ3) is 5.61. The number of aliphatic hydroxyl groups is 2. The Labute approximate surface area is 358 Å². The van der Waals surface area contributed by atoms with Crippen LogP contribution >= 0.6 is 0 Å². The number of fused-ring (bicyclic) bond motifs is 14. The van der Waals surface area contributed by atoms with Gasteiger partial charge in [-0.05, 0) is 24.3 Å². The summed E-state index contributed by atoms with van der Waals surface area (Å²) in [5, 5.41) is 17.6. The van der Waals surface area contributed by atoms with Crippen LogP contribution in [0.1, 0.15) is 11.4 Å². The maximum atomic E-state index is 15.9. The molecule has 346 valence electrons. The molecule has 26 heteroatoms. The van der Waals surface area contributed by atoms with Crippen molar-refractivity contribution >= 4 is 77.7 Å². The van der Waals surface area contributed by atoms with E-state index >= 15 is 35.1 Å². The van der Waals surface area contributed by atoms with E-state index in [2.05, 4.69) is 19.9 Å². The fourth-order valence-corrected chi connectivity index (χ4v) is 7.69. The lowest BCUT2D eigenvalue weighted by Crippen LogP contribution is -2.06. The van der Waals surface area contributed by atoms with Gasteiger partial charge in [-0.25, -0.2) is 75.2 Å². The summed E-state index contributed by atoms with van der Waals surface area (Å²) in [6, 6.07) is 2.34. The zero-order valence-electron chi connectivity index (χ0n) is 31.7. The predicted molar refractivity (Wildman–Crippen MR) is 198 cm³/mol. The molecule has 0 radical (unpaired) electrons. The van der Waals surface area contributed by atoms with E-state index in [1.54, 1.807) is 0 Å². The largest absolute Gasteiger partial charge is 0.503 e. The number of H-pyrrole nitrogens is 2. The smallest absolute Gasteiger partial charge is 0.232 e. The number of aromatic amines is 2. The zero-order valence-corrected chi connectivity index (χ0v) is 31.7. The van der Waals surface area contributed by atoms with Crippen molar-refractivity contribution in [2.24, 2.45) is 0 Å². The van der Waals surface area contributed by atoms with Crippen molar-refractivity contribution in [3.8, 4) is 22.3 Å². The molecular weight excluding hydrogens is 966 g/mol. The zero-order chi connectivity index (χ0) is 49.0. The van der Waals surface area contributed by atoms with E-state index in [9.17, 15) is 54.1 Å². The third-order valence-electron chi connectivity index (χ3n) is 10.7. The molecule has 0 saturated carbocycles. The van der Waals surface area contributed by atoms with Crippen molar-refractivity contribution in [3.63, 3.8) is 0 Å². The number of nitrogens with one attached hydrogen (secondary N) is 2. The Morgan fingerprint density at radius 1 is 0.309 bits per heavy atom. The molecular formula is C42H8F18N4O4. The average molecular weight is 975 g/mol. The molecule has 68 heavy (non-hydrogen) atoms. The Balaban J connectivity index is 1.57. The number of nitrogens with zero attached hydrogens (tertiary/aromatic N) is 2. The number of hydrogen-bond donors (Lipinski definition) is 4. The second-order valence-corrected chi connectivity index (χ2v) is 14.3. The average Bonchev–Trinajstić information content (AvgIpc) is 4.17. The van der Waals surface area contributed by atoms with E-state index in [1.807, 2.05) is 0 Å². The van der Waals surface area contributed by atoms with Crippen LogP contribution in [-0.4, -0.2) is 30.1 Å². The summed E-state index contributed by atoms with van der Waals surface area (Å²) in [4.78, 5) is 11.9. The minimum atomic E-state index is -2.78. The molecule has 4 N–H and O–H groups in total. The molecule has 0 spiro atoms. The highest BCUT2D eigenvalue weighted by Crippen LogP contribution is 2.46. The van der Waals surface area contributed by atoms with Crippen LogP contribution in [-0.2, 0) is 0 Å². The van der Waals surface area contributed by atoms with Crippen molar-refractivity contribution in [2.75, 3.05) is 0 Å². The number of hydrogen-bond acceptors (Lipinski definition) is 6. The van der Waals surface area contributed by atoms with E-state index in [1.165, 1.54) is 0 Å². The van der Waals surface area contributed by atoms with Gasteiger partial charge in [-0.1, -0.05) is 0 Å². The second-order valence-electron chi connectivity index (χ2n) is 14.3. The van der Waals surface area contributed by atoms with Crippen molar-refractivity contribution in [2.45, 2.75) is 0 Å². The third-order valence-corrected chi connectivity index (χ3v) is 10.7. The Bertz CT molecular complexity index is 3750. The van der Waals surface area contributed by atoms with E-state index in [4.69, 9.17) is 8.83 Å². The first kappa shape index (κ1) is 43.6. The van der Waals surface area contributed by atoms with E-state index in [0.717, 1.165) is 0 Å². The van der Waals surface area contributed by atoms with Crippen LogP contribution in [0.4, 0.5) is 79.0 Å². The number of furan rings is 2. The highest BCUT2D eigenvalue weighted by molar-refractivity contribution is 6.15. The SMILES string of the molecule is OC1=C(O)c2nc1c(-c1c(F)c(F)c(F)c(F)c1F)c1ccc([nH]1)c1c(nc3oc4c(F)c(F)c(F)c(F)c4c3c3ccc([nH]3)c2-c2c(F)c(F)c(F)c(F)c2F)oc2c(F)c(F)c(F)c(F)c21. The highest BCUT2D eigenvalue weighted by Gasteiger charge is 2.37. The Kier molecular flexibility index (Phi) is 9.35. The molecule has 0 aliphatic carbocycles. The second kappa shape index (κ2) is 14.6. The molecule has 4 aromatic carbocycles. The van der Waals surface area contributed by atoms with Gasteiger partial charge in [0.05, 0.1) is 43.7 Å². The summed E-state index contributed by atoms with van der Waals surface area (Å²) >= 11 is 0. The number of aromatic nitrogens is 4. The van der Waals surface area contributed by atoms with Crippen LogP contribution < -0.4 is 0 Å². The standard InChI is InChI=1S/C42H8F18N4O4/c43-17-13(18(44)24(50)29(55)23(17)49)9-5-1-3-7(61-5)11-15-21(47)27(53)31(57)33(59)39(15)67-41(11)64-42-12(16-22(48)28(54)32(58)34(60)40(16)68-42)8-4-2-6(62-8)10(36-38(66)37(65)35(9)63-36)14-19(45)25(51)30(56)26(52)20(14)46/h1-4,61-62,65-66H. The highest BCUT2D eigenvalue weighted by atomic mass is 19.2. The Morgan fingerprint density at radius 3 is 0.926 bits per heavy atom. The fourth-order valence-electron chi connectivity index (χ4n) is 7.69. The topological polar surface area (TPSA) is 124 Å². The summed E-state index contributed by atoms with van der Waals surface area (Å²) in [5.74, 6) is -50.3. The van der Waals surface area contributed by atoms with Gasteiger partial charge >= 0.3 is 0 Å². The van der Waals surface area contributed by atoms with Crippen LogP contribution in [0, 0.1) is 105 Å². The monoisotopic (exact) mass is 974 g/mol. The molecule has 6 heterocycles. The molecule has 9 aromatic rings. The van der Waals surface area contributed by atoms with Crippen molar-refractivity contribution in [3.05, 3.63) is 140 Å². The first-order valence-electron chi connectivity index (χ1n) is 18.1. The predicted octanol–water partition coefficient (Wildman–Crippen LogP) is 13.6. The maximum absolute atomic E-state index is 15.9. The molecule has 0 unspecified atom stereocenters. The van der Waals surface area contributed by atoms with Gasteiger partial charge in [0, 0.05) is 22.2 Å². The van der Waals surface area contributed by atoms with Gasteiger partial charge in [0.25, 0.3) is 0 Å². The summed E-state index contributed by atoms with van der Waals surface area (Å²) in [5.41, 5.74) is -20.3. The lowest BCUT2D eigenvalue weighted by molar-refractivity contribution is 0.381. The van der Waals surface area contributed by atoms with Gasteiger partial charge in [-0.2, -0.15) is 13.8 Å². The molecule has 0 saturated heterocycles. The molecule has 0 atom stereocenters. The lowest BCUT2D eigenvalue weighted by atomic mass is 10.00. The lowest BCUT2D eigenvalue weighted by Gasteiger charge is -2.10. The van der Waals surface area contributed by atoms with Crippen molar-refractivity contribution in [1.29, 1.82) is 0 Å². The van der Waals surface area contributed by atoms with E-state index < -0.39 is 216 Å². The number of aliphatic hydroxyl groups excluding tert-OH is 2. The Hall–Kier alpha value is -8.32. The first-order valence-corrected chi connectivity index (χ1v) is 18.1. The molecule has 0 fully saturated rings. The van der Waals surface area contributed by atoms with Crippen LogP contribution in [0.15, 0.2) is 33.1 Å². The number of benzene rings is 4. The molecule has 6 bridgehead atoms. The summed E-state index contributed by atoms with van der Waals surface area (Å²) in [6.07, 6.45) is 0. The molecule has 1 aliphatic heterocycles. The van der Waals surface area contributed by atoms with Crippen LogP contribution in [0.2, 0.25) is 0 Å². The normalized spacial score (nSPS) is 12.6. The number of halogens is 18. The number of rotatable bonds is 2. The van der Waals surface area contributed by atoms with Gasteiger partial charge in [-0.15, -0.1) is 0 Å². The van der Waals surface area contributed by atoms with Crippen LogP contribution in [0.5, 0.6) is 0 Å². The maximum Gasteiger partial charge on any atom is 0.232 e. The minimum absolute atomic E-state index is 0.552. The summed E-state index contributed by atoms with van der Waals surface area (Å²) in [7, 11) is 0. The molecule has 8 nitrogen and oxygen atoms in total. The Morgan fingerprint density at radius 2 is 0.588 bits per heavy atom. The molecule has 5 aromatic heterocycles. The summed E-state index contributed by atoms with van der Waals surface area (Å²) in [6.45, 7) is 0. The van der Waals surface area contributed by atoms with Gasteiger partial charge < -0.3 is 29.0 Å². The van der Waals surface area contributed by atoms with Crippen LogP contribution in [0.25, 0.3) is 100.0 Å². The van der Waals surface area contributed by atoms with Crippen molar-refractivity contribution in [1.82, 2.24) is 19.9 Å². The van der Waals surface area contributed by atoms with Gasteiger partial charge in [-0.3, -0.25) is 0 Å². The fraction of sp³-hybridized carbons (Fsp3) is 0. The van der Waals surface area contributed by atoms with Gasteiger partial charge in [0.1, 0.15) is 11.4 Å². The van der Waals surface area contributed by atoms with Crippen molar-refractivity contribution < 1.29 is 98.1 Å². The first-order chi connectivity index (χ1) is 32.1.